The maximum atomic E-state index is 13.3. The van der Waals surface area contributed by atoms with Crippen molar-refractivity contribution in [2.75, 3.05) is 26.9 Å². The van der Waals surface area contributed by atoms with Gasteiger partial charge in [-0.15, -0.1) is 0 Å². The quantitative estimate of drug-likeness (QED) is 0.855. The van der Waals surface area contributed by atoms with Crippen molar-refractivity contribution >= 4 is 17.2 Å². The van der Waals surface area contributed by atoms with Crippen molar-refractivity contribution in [2.24, 2.45) is 0 Å². The first-order valence-corrected chi connectivity index (χ1v) is 9.27. The van der Waals surface area contributed by atoms with Crippen LogP contribution >= 0.6 is 11.3 Å². The lowest BCUT2D eigenvalue weighted by molar-refractivity contribution is -0.131. The first-order valence-electron chi connectivity index (χ1n) is 8.33. The molecule has 1 saturated heterocycles. The average Bonchev–Trinajstić information content (AvgIpc) is 3.18. The predicted octanol–water partition coefficient (Wildman–Crippen LogP) is 3.44. The zero-order chi connectivity index (χ0) is 17.7. The lowest BCUT2D eigenvalue weighted by Gasteiger charge is -2.36. The summed E-state index contributed by atoms with van der Waals surface area (Å²) in [5.41, 5.74) is 1.20. The Hall–Kier alpha value is -1.76. The van der Waals surface area contributed by atoms with Crippen molar-refractivity contribution in [3.05, 3.63) is 58.0 Å². The molecule has 1 aromatic carbocycles. The zero-order valence-electron chi connectivity index (χ0n) is 14.2. The van der Waals surface area contributed by atoms with Crippen LogP contribution in [-0.4, -0.2) is 32.8 Å². The van der Waals surface area contributed by atoms with Crippen LogP contribution in [0.25, 0.3) is 0 Å². The number of halogens is 1. The van der Waals surface area contributed by atoms with Crippen LogP contribution < -0.4 is 5.32 Å². The molecule has 6 heteroatoms. The largest absolute Gasteiger partial charge is 0.381 e. The van der Waals surface area contributed by atoms with E-state index in [-0.39, 0.29) is 17.8 Å². The number of thiophene rings is 1. The summed E-state index contributed by atoms with van der Waals surface area (Å²) in [5.74, 6) is -0.358. The van der Waals surface area contributed by atoms with Crippen LogP contribution in [-0.2, 0) is 19.7 Å². The second-order valence-electron chi connectivity index (χ2n) is 6.19. The SMILES string of the molecule is COC(CNC(=O)C1(c2ccc(F)cc2)CCOCC1)c1ccsc1. The average molecular weight is 363 g/mol. The van der Waals surface area contributed by atoms with E-state index in [4.69, 9.17) is 9.47 Å². The molecule has 3 rings (SSSR count). The second-order valence-corrected chi connectivity index (χ2v) is 6.97. The molecular formula is C19H22FNO3S. The maximum Gasteiger partial charge on any atom is 0.230 e. The molecule has 0 bridgehead atoms. The number of carbonyl (C=O) groups is 1. The van der Waals surface area contributed by atoms with Gasteiger partial charge >= 0.3 is 0 Å². The molecule has 0 radical (unpaired) electrons. The fourth-order valence-electron chi connectivity index (χ4n) is 3.29. The van der Waals surface area contributed by atoms with E-state index in [2.05, 4.69) is 5.32 Å². The summed E-state index contributed by atoms with van der Waals surface area (Å²) in [6.45, 7) is 1.43. The van der Waals surface area contributed by atoms with Crippen molar-refractivity contribution in [1.82, 2.24) is 5.32 Å². The Labute approximate surface area is 151 Å². The van der Waals surface area contributed by atoms with Crippen molar-refractivity contribution in [1.29, 1.82) is 0 Å². The van der Waals surface area contributed by atoms with E-state index < -0.39 is 5.41 Å². The Balaban J connectivity index is 1.76. The Bertz CT molecular complexity index is 681. The summed E-state index contributed by atoms with van der Waals surface area (Å²) >= 11 is 1.60. The number of carbonyl (C=O) groups excluding carboxylic acids is 1. The number of hydrogen-bond donors (Lipinski definition) is 1. The lowest BCUT2D eigenvalue weighted by Crippen LogP contribution is -2.49. The summed E-state index contributed by atoms with van der Waals surface area (Å²) in [7, 11) is 1.64. The van der Waals surface area contributed by atoms with Gasteiger partial charge in [0.05, 0.1) is 5.41 Å². The molecule has 134 valence electrons. The summed E-state index contributed by atoms with van der Waals surface area (Å²) in [6, 6.07) is 8.21. The Kier molecular flexibility index (Phi) is 5.83. The van der Waals surface area contributed by atoms with E-state index >= 15 is 0 Å². The Morgan fingerprint density at radius 1 is 1.32 bits per heavy atom. The van der Waals surface area contributed by atoms with Gasteiger partial charge in [-0.05, 0) is 52.9 Å². The minimum atomic E-state index is -0.682. The van der Waals surface area contributed by atoms with Crippen LogP contribution in [0, 0.1) is 5.82 Å². The smallest absolute Gasteiger partial charge is 0.230 e. The number of hydrogen-bond acceptors (Lipinski definition) is 4. The topological polar surface area (TPSA) is 47.6 Å². The minimum absolute atomic E-state index is 0.0558. The van der Waals surface area contributed by atoms with E-state index in [1.165, 1.54) is 12.1 Å². The third kappa shape index (κ3) is 3.92. The Morgan fingerprint density at radius 3 is 2.64 bits per heavy atom. The van der Waals surface area contributed by atoms with Crippen LogP contribution in [0.1, 0.15) is 30.1 Å². The highest BCUT2D eigenvalue weighted by atomic mass is 32.1. The summed E-state index contributed by atoms with van der Waals surface area (Å²) in [5, 5.41) is 7.04. The molecule has 2 heterocycles. The number of methoxy groups -OCH3 is 1. The second kappa shape index (κ2) is 8.08. The summed E-state index contributed by atoms with van der Waals surface area (Å²) in [4.78, 5) is 13.1. The number of rotatable bonds is 6. The fourth-order valence-corrected chi connectivity index (χ4v) is 3.99. The molecule has 1 fully saturated rings. The molecule has 1 unspecified atom stereocenters. The number of benzene rings is 1. The molecule has 1 aliphatic rings. The molecule has 2 aromatic rings. The molecule has 1 N–H and O–H groups in total. The fraction of sp³-hybridized carbons (Fsp3) is 0.421. The maximum absolute atomic E-state index is 13.3. The highest BCUT2D eigenvalue weighted by Crippen LogP contribution is 2.35. The van der Waals surface area contributed by atoms with Crippen LogP contribution in [0.15, 0.2) is 41.1 Å². The number of amides is 1. The number of ether oxygens (including phenoxy) is 2. The molecule has 4 nitrogen and oxygen atoms in total. The third-order valence-electron chi connectivity index (χ3n) is 4.83. The normalized spacial score (nSPS) is 17.8. The molecule has 1 aromatic heterocycles. The molecular weight excluding hydrogens is 341 g/mol. The van der Waals surface area contributed by atoms with E-state index in [0.717, 1.165) is 11.1 Å². The van der Waals surface area contributed by atoms with Gasteiger partial charge in [0.1, 0.15) is 11.9 Å². The molecule has 1 aliphatic heterocycles. The van der Waals surface area contributed by atoms with Gasteiger partial charge in [-0.25, -0.2) is 4.39 Å². The van der Waals surface area contributed by atoms with E-state index in [9.17, 15) is 9.18 Å². The van der Waals surface area contributed by atoms with Crippen molar-refractivity contribution in [3.8, 4) is 0 Å². The lowest BCUT2D eigenvalue weighted by atomic mass is 9.73. The van der Waals surface area contributed by atoms with Gasteiger partial charge in [0.15, 0.2) is 0 Å². The Morgan fingerprint density at radius 2 is 2.04 bits per heavy atom. The molecule has 1 atom stereocenters. The summed E-state index contributed by atoms with van der Waals surface area (Å²) in [6.07, 6.45) is 0.988. The van der Waals surface area contributed by atoms with E-state index in [1.54, 1.807) is 30.6 Å². The van der Waals surface area contributed by atoms with Gasteiger partial charge < -0.3 is 14.8 Å². The summed E-state index contributed by atoms with van der Waals surface area (Å²) < 4.78 is 24.2. The first kappa shape index (κ1) is 18.0. The van der Waals surface area contributed by atoms with Gasteiger partial charge in [0.25, 0.3) is 0 Å². The van der Waals surface area contributed by atoms with E-state index in [1.807, 2.05) is 16.8 Å². The zero-order valence-corrected chi connectivity index (χ0v) is 15.0. The van der Waals surface area contributed by atoms with Crippen LogP contribution in [0.2, 0.25) is 0 Å². The number of nitrogens with one attached hydrogen (secondary N) is 1. The predicted molar refractivity (Wildman–Crippen MR) is 95.2 cm³/mol. The van der Waals surface area contributed by atoms with Crippen molar-refractivity contribution in [3.63, 3.8) is 0 Å². The van der Waals surface area contributed by atoms with Crippen molar-refractivity contribution in [2.45, 2.75) is 24.4 Å². The molecule has 0 aliphatic carbocycles. The van der Waals surface area contributed by atoms with Gasteiger partial charge in [-0.3, -0.25) is 4.79 Å². The van der Waals surface area contributed by atoms with Gasteiger partial charge in [0, 0.05) is 26.9 Å². The molecule has 1 amide bonds. The van der Waals surface area contributed by atoms with Crippen LogP contribution in [0.4, 0.5) is 4.39 Å². The van der Waals surface area contributed by atoms with E-state index in [0.29, 0.717) is 32.6 Å². The van der Waals surface area contributed by atoms with Gasteiger partial charge in [-0.2, -0.15) is 11.3 Å². The van der Waals surface area contributed by atoms with Crippen LogP contribution in [0.3, 0.4) is 0 Å². The monoisotopic (exact) mass is 363 g/mol. The van der Waals surface area contributed by atoms with Gasteiger partial charge in [0.2, 0.25) is 5.91 Å². The standard InChI is InChI=1S/C19H22FNO3S/c1-23-17(14-6-11-25-13-14)12-21-18(22)19(7-9-24-10-8-19)15-2-4-16(20)5-3-15/h2-6,11,13,17H,7-10,12H2,1H3,(H,21,22). The third-order valence-corrected chi connectivity index (χ3v) is 5.53. The highest BCUT2D eigenvalue weighted by molar-refractivity contribution is 7.07. The minimum Gasteiger partial charge on any atom is -0.381 e. The van der Waals surface area contributed by atoms with Crippen molar-refractivity contribution < 1.29 is 18.7 Å². The highest BCUT2D eigenvalue weighted by Gasteiger charge is 2.41. The molecule has 25 heavy (non-hydrogen) atoms. The first-order chi connectivity index (χ1) is 12.2. The molecule has 0 spiro atoms. The van der Waals surface area contributed by atoms with Crippen LogP contribution in [0.5, 0.6) is 0 Å². The molecule has 0 saturated carbocycles. The van der Waals surface area contributed by atoms with Gasteiger partial charge in [-0.1, -0.05) is 12.1 Å².